The molecule has 1 N–H and O–H groups in total. The summed E-state index contributed by atoms with van der Waals surface area (Å²) in [5, 5.41) is 20.5. The van der Waals surface area contributed by atoms with E-state index in [1.807, 2.05) is 0 Å². The summed E-state index contributed by atoms with van der Waals surface area (Å²) in [6.07, 6.45) is 0.472. The summed E-state index contributed by atoms with van der Waals surface area (Å²) in [5.41, 5.74) is 0.330. The van der Waals surface area contributed by atoms with Crippen LogP contribution < -0.4 is 4.90 Å². The summed E-state index contributed by atoms with van der Waals surface area (Å²) in [5.74, 6) is -1.39. The van der Waals surface area contributed by atoms with Gasteiger partial charge in [-0.25, -0.2) is 0 Å². The van der Waals surface area contributed by atoms with Crippen molar-refractivity contribution in [1.82, 2.24) is 0 Å². The van der Waals surface area contributed by atoms with Crippen LogP contribution in [0.5, 0.6) is 0 Å². The van der Waals surface area contributed by atoms with Crippen LogP contribution in [0.2, 0.25) is 5.02 Å². The highest BCUT2D eigenvalue weighted by Gasteiger charge is 2.38. The maximum absolute atomic E-state index is 11.1. The molecule has 1 fully saturated rings. The molecule has 0 bridgehead atoms. The second kappa shape index (κ2) is 5.05. The molecule has 1 aromatic carbocycles. The van der Waals surface area contributed by atoms with Gasteiger partial charge >= 0.3 is 5.97 Å². The standard InChI is InChI=1S/C12H13ClN2O4/c1-7-9(12(16)17)4-5-14(7)11-6-8(13)2-3-10(11)15(18)19/h2-3,6-7,9H,4-5H2,1H3,(H,16,17). The fourth-order valence-corrected chi connectivity index (χ4v) is 2.66. The second-order valence-corrected chi connectivity index (χ2v) is 4.99. The van der Waals surface area contributed by atoms with Gasteiger partial charge in [0.2, 0.25) is 0 Å². The van der Waals surface area contributed by atoms with Crippen LogP contribution in [0.4, 0.5) is 11.4 Å². The molecule has 1 heterocycles. The molecule has 19 heavy (non-hydrogen) atoms. The fraction of sp³-hybridized carbons (Fsp3) is 0.417. The molecule has 2 atom stereocenters. The number of benzene rings is 1. The number of nitro groups is 1. The van der Waals surface area contributed by atoms with Crippen LogP contribution >= 0.6 is 11.6 Å². The van der Waals surface area contributed by atoms with Crippen molar-refractivity contribution in [2.75, 3.05) is 11.4 Å². The van der Waals surface area contributed by atoms with Crippen molar-refractivity contribution in [2.24, 2.45) is 5.92 Å². The number of hydrogen-bond acceptors (Lipinski definition) is 4. The molecule has 2 unspecified atom stereocenters. The lowest BCUT2D eigenvalue weighted by Gasteiger charge is -2.25. The van der Waals surface area contributed by atoms with Gasteiger partial charge in [-0.3, -0.25) is 14.9 Å². The van der Waals surface area contributed by atoms with Crippen molar-refractivity contribution < 1.29 is 14.8 Å². The Labute approximate surface area is 114 Å². The Morgan fingerprint density at radius 1 is 1.58 bits per heavy atom. The SMILES string of the molecule is CC1C(C(=O)O)CCN1c1cc(Cl)ccc1[N+](=O)[O-]. The number of nitrogens with zero attached hydrogens (tertiary/aromatic N) is 2. The number of carbonyl (C=O) groups is 1. The van der Waals surface area contributed by atoms with Crippen LogP contribution in [0.3, 0.4) is 0 Å². The predicted octanol–water partition coefficient (Wildman–Crippen LogP) is 2.55. The van der Waals surface area contributed by atoms with Crippen LogP contribution in [0.15, 0.2) is 18.2 Å². The Hall–Kier alpha value is -1.82. The Morgan fingerprint density at radius 2 is 2.26 bits per heavy atom. The first-order chi connectivity index (χ1) is 8.91. The van der Waals surface area contributed by atoms with E-state index in [0.717, 1.165) is 0 Å². The molecule has 1 aromatic rings. The van der Waals surface area contributed by atoms with Crippen LogP contribution in [-0.2, 0) is 4.79 Å². The van der Waals surface area contributed by atoms with E-state index in [1.165, 1.54) is 18.2 Å². The van der Waals surface area contributed by atoms with Gasteiger partial charge in [0, 0.05) is 23.7 Å². The van der Waals surface area contributed by atoms with E-state index in [1.54, 1.807) is 11.8 Å². The summed E-state index contributed by atoms with van der Waals surface area (Å²) in [6, 6.07) is 4.02. The molecule has 0 aromatic heterocycles. The van der Waals surface area contributed by atoms with Crippen molar-refractivity contribution >= 4 is 28.9 Å². The number of anilines is 1. The summed E-state index contributed by atoms with van der Waals surface area (Å²) in [6.45, 7) is 2.23. The van der Waals surface area contributed by atoms with E-state index in [-0.39, 0.29) is 11.7 Å². The Kier molecular flexibility index (Phi) is 3.61. The molecule has 0 saturated carbocycles. The van der Waals surface area contributed by atoms with Crippen LogP contribution in [0.25, 0.3) is 0 Å². The van der Waals surface area contributed by atoms with Gasteiger partial charge < -0.3 is 10.0 Å². The molecule has 0 amide bonds. The van der Waals surface area contributed by atoms with Gasteiger partial charge in [-0.2, -0.15) is 0 Å². The first-order valence-electron chi connectivity index (χ1n) is 5.85. The predicted molar refractivity (Wildman–Crippen MR) is 70.7 cm³/mol. The summed E-state index contributed by atoms with van der Waals surface area (Å²) >= 11 is 5.88. The van der Waals surface area contributed by atoms with Crippen molar-refractivity contribution in [3.63, 3.8) is 0 Å². The second-order valence-electron chi connectivity index (χ2n) is 4.56. The molecule has 102 valence electrons. The van der Waals surface area contributed by atoms with Gasteiger partial charge in [0.15, 0.2) is 0 Å². The van der Waals surface area contributed by atoms with Crippen LogP contribution in [0, 0.1) is 16.0 Å². The minimum atomic E-state index is -0.875. The molecule has 0 aliphatic carbocycles. The van der Waals surface area contributed by atoms with Crippen LogP contribution in [0.1, 0.15) is 13.3 Å². The monoisotopic (exact) mass is 284 g/mol. The first kappa shape index (κ1) is 13.6. The number of hydrogen-bond donors (Lipinski definition) is 1. The van der Waals surface area contributed by atoms with Gasteiger partial charge in [0.25, 0.3) is 5.69 Å². The molecule has 0 radical (unpaired) electrons. The smallest absolute Gasteiger partial charge is 0.308 e. The lowest BCUT2D eigenvalue weighted by Crippen LogP contribution is -2.33. The van der Waals surface area contributed by atoms with E-state index >= 15 is 0 Å². The lowest BCUT2D eigenvalue weighted by atomic mass is 10.0. The third-order valence-corrected chi connectivity index (χ3v) is 3.75. The van der Waals surface area contributed by atoms with Crippen molar-refractivity contribution in [2.45, 2.75) is 19.4 Å². The normalized spacial score (nSPS) is 22.5. The number of aliphatic carboxylic acids is 1. The van der Waals surface area contributed by atoms with Crippen LogP contribution in [-0.4, -0.2) is 28.6 Å². The number of carboxylic acid groups (broad SMARTS) is 1. The molecule has 0 spiro atoms. The molecule has 1 saturated heterocycles. The van der Waals surface area contributed by atoms with E-state index in [0.29, 0.717) is 23.7 Å². The fourth-order valence-electron chi connectivity index (χ4n) is 2.49. The molecular formula is C12H13ClN2O4. The van der Waals surface area contributed by atoms with Crippen molar-refractivity contribution in [1.29, 1.82) is 0 Å². The third kappa shape index (κ3) is 2.49. The molecular weight excluding hydrogens is 272 g/mol. The van der Waals surface area contributed by atoms with Gasteiger partial charge in [-0.15, -0.1) is 0 Å². The average Bonchev–Trinajstić information content (AvgIpc) is 2.70. The van der Waals surface area contributed by atoms with Crippen molar-refractivity contribution in [3.05, 3.63) is 33.3 Å². The lowest BCUT2D eigenvalue weighted by molar-refractivity contribution is -0.384. The highest BCUT2D eigenvalue weighted by atomic mass is 35.5. The summed E-state index contributed by atoms with van der Waals surface area (Å²) < 4.78 is 0. The quantitative estimate of drug-likeness (QED) is 0.681. The Morgan fingerprint density at radius 3 is 2.79 bits per heavy atom. The van der Waals surface area contributed by atoms with Gasteiger partial charge in [0.1, 0.15) is 5.69 Å². The first-order valence-corrected chi connectivity index (χ1v) is 6.23. The van der Waals surface area contributed by atoms with E-state index in [2.05, 4.69) is 0 Å². The van der Waals surface area contributed by atoms with Gasteiger partial charge in [-0.1, -0.05) is 11.6 Å². The zero-order chi connectivity index (χ0) is 14.2. The Bertz CT molecular complexity index is 534. The number of rotatable bonds is 3. The molecule has 7 heteroatoms. The maximum Gasteiger partial charge on any atom is 0.308 e. The molecule has 1 aliphatic heterocycles. The summed E-state index contributed by atoms with van der Waals surface area (Å²) in [7, 11) is 0. The van der Waals surface area contributed by atoms with E-state index < -0.39 is 16.8 Å². The topological polar surface area (TPSA) is 83.7 Å². The molecule has 1 aliphatic rings. The third-order valence-electron chi connectivity index (χ3n) is 3.52. The largest absolute Gasteiger partial charge is 0.481 e. The molecule has 6 nitrogen and oxygen atoms in total. The van der Waals surface area contributed by atoms with Gasteiger partial charge in [0.05, 0.1) is 10.8 Å². The minimum absolute atomic E-state index is 0.0534. The average molecular weight is 285 g/mol. The van der Waals surface area contributed by atoms with E-state index in [4.69, 9.17) is 16.7 Å². The van der Waals surface area contributed by atoms with Gasteiger partial charge in [-0.05, 0) is 25.5 Å². The number of halogens is 1. The highest BCUT2D eigenvalue weighted by Crippen LogP contribution is 2.37. The Balaban J connectivity index is 2.40. The maximum atomic E-state index is 11.1. The zero-order valence-corrected chi connectivity index (χ0v) is 11.0. The number of carboxylic acids is 1. The minimum Gasteiger partial charge on any atom is -0.481 e. The number of nitro benzene ring substituents is 1. The highest BCUT2D eigenvalue weighted by molar-refractivity contribution is 6.31. The molecule has 2 rings (SSSR count). The zero-order valence-electron chi connectivity index (χ0n) is 10.2. The van der Waals surface area contributed by atoms with E-state index in [9.17, 15) is 14.9 Å². The summed E-state index contributed by atoms with van der Waals surface area (Å²) in [4.78, 5) is 23.4. The van der Waals surface area contributed by atoms with Crippen molar-refractivity contribution in [3.8, 4) is 0 Å².